The van der Waals surface area contributed by atoms with Crippen LogP contribution in [0, 0.1) is 0 Å². The molecule has 3 N–H and O–H groups in total. The number of allylic oxidation sites excluding steroid dienone is 1. The van der Waals surface area contributed by atoms with Gasteiger partial charge in [-0.05, 0) is 58.2 Å². The molecule has 3 aliphatic rings. The van der Waals surface area contributed by atoms with E-state index in [1.54, 1.807) is 0 Å². The van der Waals surface area contributed by atoms with E-state index in [2.05, 4.69) is 28.5 Å². The Morgan fingerprint density at radius 3 is 2.77 bits per heavy atom. The van der Waals surface area contributed by atoms with Gasteiger partial charge in [0.05, 0.1) is 16.8 Å². The lowest BCUT2D eigenvalue weighted by Crippen LogP contribution is -2.58. The molecular formula is C21H29ClN4O4S. The number of phenolic OH excluding ortho intramolecular Hbond substituents is 1. The van der Waals surface area contributed by atoms with Gasteiger partial charge in [-0.25, -0.2) is 13.2 Å². The fourth-order valence-electron chi connectivity index (χ4n) is 4.91. The van der Waals surface area contributed by atoms with Gasteiger partial charge >= 0.3 is 6.03 Å². The van der Waals surface area contributed by atoms with Crippen molar-refractivity contribution in [1.82, 2.24) is 14.5 Å². The molecule has 2 amide bonds. The fraction of sp³-hybridized carbons (Fsp3) is 0.571. The number of carbonyl (C=O) groups is 1. The Bertz CT molecular complexity index is 1030. The van der Waals surface area contributed by atoms with Crippen molar-refractivity contribution in [1.29, 1.82) is 0 Å². The van der Waals surface area contributed by atoms with Crippen LogP contribution in [0.4, 0.5) is 10.5 Å². The number of rotatable bonds is 4. The van der Waals surface area contributed by atoms with Gasteiger partial charge in [0.25, 0.3) is 0 Å². The number of sulfonamides is 1. The highest BCUT2D eigenvalue weighted by Crippen LogP contribution is 2.41. The molecule has 2 aliphatic heterocycles. The molecule has 2 saturated heterocycles. The smallest absolute Gasteiger partial charge is 0.319 e. The van der Waals surface area contributed by atoms with Gasteiger partial charge in [0, 0.05) is 25.2 Å². The number of benzene rings is 1. The Morgan fingerprint density at radius 1 is 1.29 bits per heavy atom. The molecule has 2 heterocycles. The van der Waals surface area contributed by atoms with Crippen LogP contribution in [-0.4, -0.2) is 66.5 Å². The number of carbonyl (C=O) groups excluding carboxylic acids is 1. The molecule has 8 nitrogen and oxygen atoms in total. The summed E-state index contributed by atoms with van der Waals surface area (Å²) in [7, 11) is -4.05. The molecule has 0 saturated carbocycles. The third-order valence-corrected chi connectivity index (χ3v) is 9.10. The molecule has 2 atom stereocenters. The average molecular weight is 469 g/mol. The molecule has 170 valence electrons. The van der Waals surface area contributed by atoms with Crippen LogP contribution < -0.4 is 10.6 Å². The molecule has 4 rings (SSSR count). The fourth-order valence-corrected chi connectivity index (χ4v) is 7.05. The highest BCUT2D eigenvalue weighted by atomic mass is 35.5. The number of hydrogen-bond donors (Lipinski definition) is 3. The van der Waals surface area contributed by atoms with Gasteiger partial charge in [0.1, 0.15) is 4.90 Å². The minimum absolute atomic E-state index is 0.00539. The number of phenols is 1. The number of fused-ring (bicyclic) bond motifs is 1. The van der Waals surface area contributed by atoms with Crippen molar-refractivity contribution >= 4 is 33.3 Å². The van der Waals surface area contributed by atoms with E-state index >= 15 is 0 Å². The lowest BCUT2D eigenvalue weighted by molar-refractivity contribution is 0.0800. The van der Waals surface area contributed by atoms with E-state index in [0.29, 0.717) is 19.6 Å². The van der Waals surface area contributed by atoms with Crippen LogP contribution >= 0.6 is 11.6 Å². The van der Waals surface area contributed by atoms with Gasteiger partial charge in [-0.15, -0.1) is 0 Å². The summed E-state index contributed by atoms with van der Waals surface area (Å²) in [5, 5.41) is 16.1. The van der Waals surface area contributed by atoms with Crippen LogP contribution in [0.1, 0.15) is 39.5 Å². The van der Waals surface area contributed by atoms with Gasteiger partial charge < -0.3 is 15.7 Å². The standard InChI is InChI=1S/C21H29ClN4O4S/c1-14-5-3-6-16(14)23-20(28)24-17-8-7-15(22)19(18(17)27)31(29,30)26-12-11-25-10-4-9-21(25,2)13-26/h5,7-8,16,27H,3-4,6,9-13H2,1-2H3,(H2,23,24,28). The van der Waals surface area contributed by atoms with Gasteiger partial charge in [0.15, 0.2) is 5.75 Å². The number of piperazine rings is 1. The first-order chi connectivity index (χ1) is 14.6. The molecular weight excluding hydrogens is 440 g/mol. The zero-order valence-corrected chi connectivity index (χ0v) is 19.4. The molecule has 31 heavy (non-hydrogen) atoms. The first-order valence-electron chi connectivity index (χ1n) is 10.6. The van der Waals surface area contributed by atoms with Crippen LogP contribution in [0.3, 0.4) is 0 Å². The maximum Gasteiger partial charge on any atom is 0.319 e. The summed E-state index contributed by atoms with van der Waals surface area (Å²) >= 11 is 6.23. The Kier molecular flexibility index (Phi) is 5.97. The highest BCUT2D eigenvalue weighted by molar-refractivity contribution is 7.89. The Hall–Kier alpha value is -1.81. The van der Waals surface area contributed by atoms with Crippen molar-refractivity contribution in [2.75, 3.05) is 31.5 Å². The van der Waals surface area contributed by atoms with Gasteiger partial charge in [-0.1, -0.05) is 23.3 Å². The van der Waals surface area contributed by atoms with E-state index in [1.165, 1.54) is 16.4 Å². The second kappa shape index (κ2) is 8.27. The van der Waals surface area contributed by atoms with Gasteiger partial charge in [-0.3, -0.25) is 4.90 Å². The summed E-state index contributed by atoms with van der Waals surface area (Å²) in [5.41, 5.74) is 0.875. The van der Waals surface area contributed by atoms with Crippen LogP contribution in [0.25, 0.3) is 0 Å². The Balaban J connectivity index is 1.57. The summed E-state index contributed by atoms with van der Waals surface area (Å²) in [6, 6.07) is 2.22. The van der Waals surface area contributed by atoms with E-state index in [-0.39, 0.29) is 27.2 Å². The molecule has 2 unspecified atom stereocenters. The lowest BCUT2D eigenvalue weighted by atomic mass is 9.97. The second-order valence-corrected chi connectivity index (χ2v) is 11.2. The summed E-state index contributed by atoms with van der Waals surface area (Å²) < 4.78 is 28.3. The zero-order chi connectivity index (χ0) is 22.4. The largest absolute Gasteiger partial charge is 0.504 e. The number of halogens is 1. The molecule has 1 aromatic carbocycles. The summed E-state index contributed by atoms with van der Waals surface area (Å²) in [4.78, 5) is 14.4. The van der Waals surface area contributed by atoms with Crippen molar-refractivity contribution < 1.29 is 18.3 Å². The zero-order valence-electron chi connectivity index (χ0n) is 17.8. The van der Waals surface area contributed by atoms with E-state index in [1.807, 2.05) is 6.92 Å². The third kappa shape index (κ3) is 4.16. The molecule has 10 heteroatoms. The number of nitrogens with one attached hydrogen (secondary N) is 2. The number of nitrogens with zero attached hydrogens (tertiary/aromatic N) is 2. The third-order valence-electron chi connectivity index (χ3n) is 6.75. The minimum atomic E-state index is -4.05. The second-order valence-electron chi connectivity index (χ2n) is 8.88. The van der Waals surface area contributed by atoms with Crippen molar-refractivity contribution in [3.63, 3.8) is 0 Å². The average Bonchev–Trinajstić information content (AvgIpc) is 3.28. The highest BCUT2D eigenvalue weighted by Gasteiger charge is 2.45. The molecule has 0 spiro atoms. The molecule has 0 bridgehead atoms. The number of hydrogen-bond acceptors (Lipinski definition) is 5. The van der Waals surface area contributed by atoms with Crippen molar-refractivity contribution in [3.05, 3.63) is 28.8 Å². The van der Waals surface area contributed by atoms with Crippen molar-refractivity contribution in [2.45, 2.75) is 56.0 Å². The summed E-state index contributed by atoms with van der Waals surface area (Å²) in [6.45, 7) is 6.32. The van der Waals surface area contributed by atoms with Crippen LogP contribution in [0.2, 0.25) is 5.02 Å². The first-order valence-corrected chi connectivity index (χ1v) is 12.4. The molecule has 1 aromatic rings. The first kappa shape index (κ1) is 22.4. The topological polar surface area (TPSA) is 102 Å². The molecule has 1 aliphatic carbocycles. The Morgan fingerprint density at radius 2 is 2.06 bits per heavy atom. The van der Waals surface area contributed by atoms with Crippen molar-refractivity contribution in [2.24, 2.45) is 0 Å². The van der Waals surface area contributed by atoms with Crippen LogP contribution in [-0.2, 0) is 10.0 Å². The van der Waals surface area contributed by atoms with E-state index in [9.17, 15) is 18.3 Å². The predicted molar refractivity (Wildman–Crippen MR) is 120 cm³/mol. The van der Waals surface area contributed by atoms with Crippen molar-refractivity contribution in [3.8, 4) is 5.75 Å². The number of anilines is 1. The maximum absolute atomic E-state index is 13.4. The summed E-state index contributed by atoms with van der Waals surface area (Å²) in [6.07, 6.45) is 5.75. The molecule has 2 fully saturated rings. The number of aromatic hydroxyl groups is 1. The van der Waals surface area contributed by atoms with Crippen LogP contribution in [0.5, 0.6) is 5.75 Å². The van der Waals surface area contributed by atoms with E-state index in [4.69, 9.17) is 11.6 Å². The van der Waals surface area contributed by atoms with E-state index < -0.39 is 21.8 Å². The normalized spacial score (nSPS) is 27.1. The minimum Gasteiger partial charge on any atom is -0.504 e. The maximum atomic E-state index is 13.4. The molecule has 0 aromatic heterocycles. The lowest BCUT2D eigenvalue weighted by Gasteiger charge is -2.44. The summed E-state index contributed by atoms with van der Waals surface area (Å²) in [5.74, 6) is -0.541. The molecule has 0 radical (unpaired) electrons. The van der Waals surface area contributed by atoms with Gasteiger partial charge in [0.2, 0.25) is 10.0 Å². The van der Waals surface area contributed by atoms with Gasteiger partial charge in [-0.2, -0.15) is 4.31 Å². The SMILES string of the molecule is CC1=CCCC1NC(=O)Nc1ccc(Cl)c(S(=O)(=O)N2CCN3CCCC3(C)C2)c1O. The predicted octanol–water partition coefficient (Wildman–Crippen LogP) is 3.13. The quantitative estimate of drug-likeness (QED) is 0.465. The van der Waals surface area contributed by atoms with Crippen LogP contribution in [0.15, 0.2) is 28.7 Å². The monoisotopic (exact) mass is 468 g/mol. The number of amides is 2. The number of urea groups is 1. The van der Waals surface area contributed by atoms with E-state index in [0.717, 1.165) is 37.8 Å². The Labute approximate surface area is 188 Å².